The minimum Gasteiger partial charge on any atom is -1.00 e. The Morgan fingerprint density at radius 3 is 1.70 bits per heavy atom. The third kappa shape index (κ3) is 2.24. The maximum atomic E-state index is 6.16. The van der Waals surface area contributed by atoms with Crippen molar-refractivity contribution in [2.45, 2.75) is 77.2 Å². The van der Waals surface area contributed by atoms with Gasteiger partial charge in [-0.15, -0.1) is 0 Å². The molecule has 1 atom stereocenters. The van der Waals surface area contributed by atoms with E-state index in [2.05, 4.69) is 6.92 Å². The van der Waals surface area contributed by atoms with Crippen LogP contribution in [0.15, 0.2) is 0 Å². The fraction of sp³-hybridized carbons (Fsp3) is 1.00. The van der Waals surface area contributed by atoms with E-state index in [4.69, 9.17) is 5.73 Å². The Hall–Kier alpha value is 0.250. The average Bonchev–Trinajstić information content (AvgIpc) is 2.66. The zero-order valence-corrected chi connectivity index (χ0v) is 13.7. The van der Waals surface area contributed by atoms with Crippen LogP contribution >= 0.6 is 0 Å². The van der Waals surface area contributed by atoms with Crippen LogP contribution in [0.3, 0.4) is 0 Å². The normalized spacial score (nSPS) is 51.6. The fourth-order valence-corrected chi connectivity index (χ4v) is 6.73. The molecular formula is C18H31ClN-. The van der Waals surface area contributed by atoms with E-state index in [1.54, 1.807) is 38.5 Å². The molecule has 0 amide bonds. The second-order valence-corrected chi connectivity index (χ2v) is 8.58. The van der Waals surface area contributed by atoms with Gasteiger partial charge in [-0.3, -0.25) is 0 Å². The average molecular weight is 297 g/mol. The Balaban J connectivity index is 0.00000121. The molecule has 0 heterocycles. The third-order valence-electron chi connectivity index (χ3n) is 7.79. The molecule has 1 unspecified atom stereocenters. The van der Waals surface area contributed by atoms with Crippen molar-refractivity contribution in [1.82, 2.24) is 0 Å². The van der Waals surface area contributed by atoms with Crippen molar-refractivity contribution < 1.29 is 12.4 Å². The number of hydrogen-bond donors (Lipinski definition) is 1. The first-order chi connectivity index (χ1) is 9.17. The van der Waals surface area contributed by atoms with Gasteiger partial charge >= 0.3 is 0 Å². The lowest BCUT2D eigenvalue weighted by Crippen LogP contribution is -3.00. The molecule has 116 valence electrons. The first-order valence-corrected chi connectivity index (χ1v) is 8.93. The van der Waals surface area contributed by atoms with E-state index < -0.39 is 0 Å². The zero-order chi connectivity index (χ0) is 13.0. The molecule has 0 aromatic rings. The lowest BCUT2D eigenvalue weighted by atomic mass is 9.47. The van der Waals surface area contributed by atoms with E-state index in [1.165, 1.54) is 25.7 Å². The maximum absolute atomic E-state index is 6.16. The molecule has 4 bridgehead atoms. The van der Waals surface area contributed by atoms with Crippen molar-refractivity contribution in [3.05, 3.63) is 0 Å². The molecule has 5 fully saturated rings. The first kappa shape index (κ1) is 15.2. The van der Waals surface area contributed by atoms with Crippen LogP contribution in [-0.4, -0.2) is 6.04 Å². The highest BCUT2D eigenvalue weighted by atomic mass is 35.5. The molecule has 2 heteroatoms. The van der Waals surface area contributed by atoms with E-state index >= 15 is 0 Å². The van der Waals surface area contributed by atoms with Crippen molar-refractivity contribution in [3.8, 4) is 0 Å². The van der Waals surface area contributed by atoms with Crippen molar-refractivity contribution in [3.63, 3.8) is 0 Å². The summed E-state index contributed by atoms with van der Waals surface area (Å²) in [5.74, 6) is 5.25. The van der Waals surface area contributed by atoms with Crippen LogP contribution in [0.2, 0.25) is 0 Å². The molecule has 5 aliphatic carbocycles. The summed E-state index contributed by atoms with van der Waals surface area (Å²) in [6.07, 6.45) is 15.4. The van der Waals surface area contributed by atoms with Crippen LogP contribution in [0.1, 0.15) is 71.1 Å². The summed E-state index contributed by atoms with van der Waals surface area (Å²) in [7, 11) is 0. The molecule has 20 heavy (non-hydrogen) atoms. The fourth-order valence-electron chi connectivity index (χ4n) is 6.73. The van der Waals surface area contributed by atoms with E-state index in [1.807, 2.05) is 0 Å². The minimum absolute atomic E-state index is 0. The standard InChI is InChI=1S/C18H31N.ClH/c1-12(19)15-4-6-18(7-5-15)16-8-13-2-3-14(10-16)11-17(18)9-13;/h12-17H,2-11,19H2,1H3;1H/p-1. The molecule has 2 N–H and O–H groups in total. The Morgan fingerprint density at radius 2 is 1.30 bits per heavy atom. The smallest absolute Gasteiger partial charge is 0.00387 e. The highest BCUT2D eigenvalue weighted by Crippen LogP contribution is 2.65. The second-order valence-electron chi connectivity index (χ2n) is 8.58. The van der Waals surface area contributed by atoms with Crippen molar-refractivity contribution in [2.75, 3.05) is 0 Å². The SMILES string of the molecule is CC(N)C1CCC2(CC1)C1CC3CCC(C1)CC2C3.[Cl-]. The summed E-state index contributed by atoms with van der Waals surface area (Å²) >= 11 is 0. The van der Waals surface area contributed by atoms with Gasteiger partial charge in [0.1, 0.15) is 0 Å². The Morgan fingerprint density at radius 1 is 0.850 bits per heavy atom. The van der Waals surface area contributed by atoms with Gasteiger partial charge in [-0.1, -0.05) is 12.8 Å². The summed E-state index contributed by atoms with van der Waals surface area (Å²) in [5, 5.41) is 0. The molecule has 0 saturated heterocycles. The maximum Gasteiger partial charge on any atom is 0.00387 e. The molecule has 0 aliphatic heterocycles. The Labute approximate surface area is 130 Å². The van der Waals surface area contributed by atoms with E-state index in [9.17, 15) is 0 Å². The summed E-state index contributed by atoms with van der Waals surface area (Å²) in [5.41, 5.74) is 6.94. The Kier molecular flexibility index (Phi) is 4.14. The van der Waals surface area contributed by atoms with Crippen LogP contribution in [0.25, 0.3) is 0 Å². The Bertz CT molecular complexity index is 311. The summed E-state index contributed by atoms with van der Waals surface area (Å²) in [4.78, 5) is 0. The predicted octanol–water partition coefficient (Wildman–Crippen LogP) is 1.36. The molecular weight excluding hydrogens is 266 g/mol. The minimum atomic E-state index is 0. The van der Waals surface area contributed by atoms with E-state index in [-0.39, 0.29) is 12.4 Å². The van der Waals surface area contributed by atoms with Crippen molar-refractivity contribution in [2.24, 2.45) is 40.7 Å². The zero-order valence-electron chi connectivity index (χ0n) is 13.0. The highest BCUT2D eigenvalue weighted by molar-refractivity contribution is 5.05. The molecule has 5 aliphatic rings. The lowest BCUT2D eigenvalue weighted by Gasteiger charge is -2.58. The number of halogens is 1. The van der Waals surface area contributed by atoms with Gasteiger partial charge in [-0.2, -0.15) is 0 Å². The number of fused-ring (bicyclic) bond motifs is 1. The highest BCUT2D eigenvalue weighted by Gasteiger charge is 2.55. The number of nitrogens with two attached hydrogens (primary N) is 1. The number of rotatable bonds is 1. The molecule has 0 aromatic carbocycles. The molecule has 5 rings (SSSR count). The topological polar surface area (TPSA) is 26.0 Å². The predicted molar refractivity (Wildman–Crippen MR) is 79.7 cm³/mol. The van der Waals surface area contributed by atoms with Crippen LogP contribution in [0.5, 0.6) is 0 Å². The summed E-state index contributed by atoms with van der Waals surface area (Å²) < 4.78 is 0. The lowest BCUT2D eigenvalue weighted by molar-refractivity contribution is -0.0825. The summed E-state index contributed by atoms with van der Waals surface area (Å²) in [6, 6.07) is 0.428. The van der Waals surface area contributed by atoms with Gasteiger partial charge in [0.05, 0.1) is 0 Å². The molecule has 5 saturated carbocycles. The van der Waals surface area contributed by atoms with Crippen molar-refractivity contribution >= 4 is 0 Å². The van der Waals surface area contributed by atoms with Gasteiger partial charge in [0.15, 0.2) is 0 Å². The van der Waals surface area contributed by atoms with Gasteiger partial charge in [-0.05, 0) is 93.3 Å². The van der Waals surface area contributed by atoms with Gasteiger partial charge in [0.2, 0.25) is 0 Å². The monoisotopic (exact) mass is 296 g/mol. The van der Waals surface area contributed by atoms with Gasteiger partial charge in [-0.25, -0.2) is 0 Å². The van der Waals surface area contributed by atoms with Crippen LogP contribution in [0, 0.1) is 35.0 Å². The van der Waals surface area contributed by atoms with Gasteiger partial charge < -0.3 is 18.1 Å². The number of hydrogen-bond acceptors (Lipinski definition) is 1. The van der Waals surface area contributed by atoms with Crippen LogP contribution in [-0.2, 0) is 0 Å². The van der Waals surface area contributed by atoms with Gasteiger partial charge in [0.25, 0.3) is 0 Å². The molecule has 1 spiro atoms. The van der Waals surface area contributed by atoms with Crippen molar-refractivity contribution in [1.29, 1.82) is 0 Å². The third-order valence-corrected chi connectivity index (χ3v) is 7.79. The quantitative estimate of drug-likeness (QED) is 0.777. The molecule has 1 nitrogen and oxygen atoms in total. The van der Waals surface area contributed by atoms with E-state index in [0.717, 1.165) is 35.0 Å². The van der Waals surface area contributed by atoms with Crippen LogP contribution in [0.4, 0.5) is 0 Å². The molecule has 0 radical (unpaired) electrons. The van der Waals surface area contributed by atoms with Gasteiger partial charge in [0, 0.05) is 6.04 Å². The first-order valence-electron chi connectivity index (χ1n) is 8.93. The largest absolute Gasteiger partial charge is 1.00 e. The van der Waals surface area contributed by atoms with E-state index in [0.29, 0.717) is 6.04 Å². The summed E-state index contributed by atoms with van der Waals surface area (Å²) in [6.45, 7) is 2.23. The van der Waals surface area contributed by atoms with Crippen LogP contribution < -0.4 is 18.1 Å². The second kappa shape index (κ2) is 5.47. The molecule has 0 aromatic heterocycles.